The van der Waals surface area contributed by atoms with E-state index >= 15 is 0 Å². The van der Waals surface area contributed by atoms with Crippen molar-refractivity contribution in [3.05, 3.63) is 0 Å². The fourth-order valence-electron chi connectivity index (χ4n) is 1.84. The normalized spacial score (nSPS) is 12.0. The van der Waals surface area contributed by atoms with E-state index in [9.17, 15) is 0 Å². The Balaban J connectivity index is 4.28. The number of nitrogens with one attached hydrogen (secondary N) is 1. The first-order chi connectivity index (χ1) is 10.2. The van der Waals surface area contributed by atoms with E-state index in [1.165, 1.54) is 0 Å². The van der Waals surface area contributed by atoms with Crippen LogP contribution in [-0.4, -0.2) is 55.4 Å². The highest BCUT2D eigenvalue weighted by atomic mass is 28.4. The zero-order valence-corrected chi connectivity index (χ0v) is 15.4. The van der Waals surface area contributed by atoms with Crippen molar-refractivity contribution >= 4 is 8.80 Å². The topological polar surface area (TPSA) is 49.0 Å². The minimum atomic E-state index is -2.50. The Kier molecular flexibility index (Phi) is 14.9. The summed E-state index contributed by atoms with van der Waals surface area (Å²) in [5, 5.41) is 3.36. The Morgan fingerprint density at radius 2 is 1.29 bits per heavy atom. The van der Waals surface area contributed by atoms with Crippen molar-refractivity contribution in [2.24, 2.45) is 0 Å². The molecule has 0 saturated carbocycles. The van der Waals surface area contributed by atoms with Gasteiger partial charge in [-0.1, -0.05) is 20.8 Å². The predicted octanol–water partition coefficient (Wildman–Crippen LogP) is 2.83. The number of hydrogen-bond donors (Lipinski definition) is 1. The van der Waals surface area contributed by atoms with Gasteiger partial charge in [0.05, 0.1) is 6.61 Å². The lowest BCUT2D eigenvalue weighted by Gasteiger charge is -2.29. The maximum absolute atomic E-state index is 6.05. The molecule has 0 aliphatic carbocycles. The van der Waals surface area contributed by atoms with Crippen molar-refractivity contribution < 1.29 is 18.0 Å². The van der Waals surface area contributed by atoms with E-state index in [1.807, 2.05) is 0 Å². The minimum Gasteiger partial charge on any atom is -0.383 e. The van der Waals surface area contributed by atoms with E-state index in [2.05, 4.69) is 26.1 Å². The van der Waals surface area contributed by atoms with Crippen molar-refractivity contribution in [2.75, 3.05) is 46.6 Å². The zero-order chi connectivity index (χ0) is 15.8. The molecule has 0 heterocycles. The van der Waals surface area contributed by atoms with Crippen LogP contribution in [0.1, 0.15) is 46.5 Å². The van der Waals surface area contributed by atoms with E-state index in [4.69, 9.17) is 18.0 Å². The van der Waals surface area contributed by atoms with Crippen LogP contribution in [0.2, 0.25) is 6.04 Å². The quantitative estimate of drug-likeness (QED) is 0.350. The average Bonchev–Trinajstić information content (AvgIpc) is 2.51. The van der Waals surface area contributed by atoms with Gasteiger partial charge in [0, 0.05) is 39.5 Å². The highest BCUT2D eigenvalue weighted by Gasteiger charge is 2.40. The third-order valence-corrected chi connectivity index (χ3v) is 5.80. The van der Waals surface area contributed by atoms with Gasteiger partial charge < -0.3 is 23.3 Å². The monoisotopic (exact) mass is 321 g/mol. The lowest BCUT2D eigenvalue weighted by Crippen LogP contribution is -2.47. The van der Waals surface area contributed by atoms with Crippen LogP contribution in [-0.2, 0) is 18.0 Å². The molecular weight excluding hydrogens is 286 g/mol. The van der Waals surface area contributed by atoms with Crippen molar-refractivity contribution in [1.82, 2.24) is 5.32 Å². The molecule has 0 aromatic heterocycles. The van der Waals surface area contributed by atoms with Crippen LogP contribution in [0.4, 0.5) is 0 Å². The van der Waals surface area contributed by atoms with Crippen molar-refractivity contribution in [3.63, 3.8) is 0 Å². The van der Waals surface area contributed by atoms with Crippen molar-refractivity contribution in [3.8, 4) is 0 Å². The molecule has 6 heteroatoms. The zero-order valence-electron chi connectivity index (χ0n) is 14.4. The first-order valence-electron chi connectivity index (χ1n) is 8.36. The Morgan fingerprint density at radius 3 is 1.71 bits per heavy atom. The van der Waals surface area contributed by atoms with Gasteiger partial charge in [0.2, 0.25) is 0 Å². The summed E-state index contributed by atoms with van der Waals surface area (Å²) in [5.74, 6) is 0. The van der Waals surface area contributed by atoms with Gasteiger partial charge in [-0.2, -0.15) is 0 Å². The Labute approximate surface area is 132 Å². The molecule has 0 aliphatic rings. The molecule has 21 heavy (non-hydrogen) atoms. The van der Waals surface area contributed by atoms with Crippen LogP contribution in [0.3, 0.4) is 0 Å². The summed E-state index contributed by atoms with van der Waals surface area (Å²) < 4.78 is 23.2. The Bertz CT molecular complexity index is 198. The second-order valence-corrected chi connectivity index (χ2v) is 7.81. The molecule has 0 spiro atoms. The highest BCUT2D eigenvalue weighted by Crippen LogP contribution is 2.19. The van der Waals surface area contributed by atoms with Crippen molar-refractivity contribution in [1.29, 1.82) is 0 Å². The Hall–Kier alpha value is 0.0169. The molecule has 128 valence electrons. The van der Waals surface area contributed by atoms with E-state index in [0.29, 0.717) is 0 Å². The number of hydrogen-bond acceptors (Lipinski definition) is 5. The maximum Gasteiger partial charge on any atom is 0.501 e. The van der Waals surface area contributed by atoms with Crippen LogP contribution >= 0.6 is 0 Å². The number of methoxy groups -OCH3 is 1. The summed E-state index contributed by atoms with van der Waals surface area (Å²) in [6.45, 7) is 11.1. The summed E-state index contributed by atoms with van der Waals surface area (Å²) in [6, 6.07) is 0.882. The van der Waals surface area contributed by atoms with Gasteiger partial charge in [0.1, 0.15) is 0 Å². The van der Waals surface area contributed by atoms with E-state index in [-0.39, 0.29) is 0 Å². The Morgan fingerprint density at radius 1 is 0.762 bits per heavy atom. The molecule has 1 N–H and O–H groups in total. The molecule has 0 atom stereocenters. The highest BCUT2D eigenvalue weighted by molar-refractivity contribution is 6.60. The molecule has 0 unspecified atom stereocenters. The fraction of sp³-hybridized carbons (Fsp3) is 1.00. The predicted molar refractivity (Wildman–Crippen MR) is 88.7 cm³/mol. The van der Waals surface area contributed by atoms with Gasteiger partial charge in [-0.25, -0.2) is 0 Å². The van der Waals surface area contributed by atoms with Crippen LogP contribution in [0.25, 0.3) is 0 Å². The van der Waals surface area contributed by atoms with E-state index < -0.39 is 8.80 Å². The average molecular weight is 322 g/mol. The summed E-state index contributed by atoms with van der Waals surface area (Å²) in [4.78, 5) is 0. The summed E-state index contributed by atoms with van der Waals surface area (Å²) >= 11 is 0. The van der Waals surface area contributed by atoms with Gasteiger partial charge in [-0.05, 0) is 32.2 Å². The fourth-order valence-corrected chi connectivity index (χ4v) is 4.68. The second kappa shape index (κ2) is 14.9. The molecule has 0 aliphatic heterocycles. The largest absolute Gasteiger partial charge is 0.501 e. The lowest BCUT2D eigenvalue weighted by atomic mass is 10.5. The summed E-state index contributed by atoms with van der Waals surface area (Å²) in [5.41, 5.74) is 0. The molecule has 0 bridgehead atoms. The first-order valence-corrected chi connectivity index (χ1v) is 10.3. The van der Waals surface area contributed by atoms with Crippen LogP contribution < -0.4 is 5.32 Å². The van der Waals surface area contributed by atoms with Crippen LogP contribution in [0.15, 0.2) is 0 Å². The third kappa shape index (κ3) is 11.3. The summed E-state index contributed by atoms with van der Waals surface area (Å²) in [6.07, 6.45) is 3.98. The van der Waals surface area contributed by atoms with Crippen molar-refractivity contribution in [2.45, 2.75) is 52.5 Å². The number of rotatable bonds is 16. The number of ether oxygens (including phenoxy) is 1. The van der Waals surface area contributed by atoms with Crippen LogP contribution in [0.5, 0.6) is 0 Å². The van der Waals surface area contributed by atoms with E-state index in [0.717, 1.165) is 71.2 Å². The first kappa shape index (κ1) is 21.0. The third-order valence-electron chi connectivity index (χ3n) is 2.90. The second-order valence-electron chi connectivity index (χ2n) is 5.07. The SMILES string of the molecule is CCCO[Si](CCCNCCOC)(OCCC)OCCC. The summed E-state index contributed by atoms with van der Waals surface area (Å²) in [7, 11) is -0.781. The molecule has 0 aromatic rings. The van der Waals surface area contributed by atoms with Crippen LogP contribution in [0, 0.1) is 0 Å². The molecule has 0 saturated heterocycles. The molecule has 5 nitrogen and oxygen atoms in total. The minimum absolute atomic E-state index is 0.719. The molecule has 0 radical (unpaired) electrons. The van der Waals surface area contributed by atoms with Gasteiger partial charge in [-0.3, -0.25) is 0 Å². The van der Waals surface area contributed by atoms with E-state index in [1.54, 1.807) is 7.11 Å². The van der Waals surface area contributed by atoms with Gasteiger partial charge in [0.15, 0.2) is 0 Å². The smallest absolute Gasteiger partial charge is 0.383 e. The lowest BCUT2D eigenvalue weighted by molar-refractivity contribution is 0.0587. The molecule has 0 rings (SSSR count). The van der Waals surface area contributed by atoms with Gasteiger partial charge >= 0.3 is 8.80 Å². The van der Waals surface area contributed by atoms with Gasteiger partial charge in [0.25, 0.3) is 0 Å². The molecule has 0 aromatic carbocycles. The molecule has 0 amide bonds. The maximum atomic E-state index is 6.05. The molecule has 0 fully saturated rings. The van der Waals surface area contributed by atoms with Gasteiger partial charge in [-0.15, -0.1) is 0 Å². The standard InChI is InChI=1S/C15H35NO4Si/c1-5-11-18-21(19-12-6-2,20-13-7-3)15-8-9-16-10-14-17-4/h16H,5-15H2,1-4H3. The molecular formula is C15H35NO4Si.